The van der Waals surface area contributed by atoms with Crippen molar-refractivity contribution in [2.75, 3.05) is 13.2 Å². The van der Waals surface area contributed by atoms with Gasteiger partial charge in [-0.15, -0.1) is 0 Å². The molecule has 0 aliphatic rings. The molecule has 0 heterocycles. The molecule has 2 atom stereocenters. The lowest BCUT2D eigenvalue weighted by Gasteiger charge is -2.28. The third-order valence-corrected chi connectivity index (χ3v) is 3.11. The minimum atomic E-state index is -4.35. The van der Waals surface area contributed by atoms with Crippen LogP contribution >= 0.6 is 0 Å². The maximum Gasteiger partial charge on any atom is 0.416 e. The Morgan fingerprint density at radius 2 is 1.85 bits per heavy atom. The number of nitrogens with one attached hydrogen (secondary N) is 1. The van der Waals surface area contributed by atoms with Crippen LogP contribution in [0.2, 0.25) is 0 Å². The van der Waals surface area contributed by atoms with Crippen LogP contribution in [-0.2, 0) is 10.9 Å². The zero-order chi connectivity index (χ0) is 15.2. The molecule has 1 aromatic carbocycles. The van der Waals surface area contributed by atoms with E-state index in [0.29, 0.717) is 13.2 Å². The molecule has 1 rings (SSSR count). The van der Waals surface area contributed by atoms with E-state index >= 15 is 0 Å². The van der Waals surface area contributed by atoms with E-state index in [0.717, 1.165) is 12.5 Å². The molecule has 2 unspecified atom stereocenters. The van der Waals surface area contributed by atoms with Crippen LogP contribution in [0.1, 0.15) is 44.4 Å². The highest BCUT2D eigenvalue weighted by Crippen LogP contribution is 2.35. The molecule has 0 radical (unpaired) electrons. The maximum atomic E-state index is 13.1. The Morgan fingerprint density at radius 1 is 1.20 bits per heavy atom. The van der Waals surface area contributed by atoms with Gasteiger partial charge in [-0.05, 0) is 38.4 Å². The summed E-state index contributed by atoms with van der Waals surface area (Å²) in [5, 5.41) is 3.16. The molecule has 0 aliphatic carbocycles. The third-order valence-electron chi connectivity index (χ3n) is 3.11. The van der Waals surface area contributed by atoms with Gasteiger partial charge < -0.3 is 10.1 Å². The Morgan fingerprint density at radius 3 is 2.40 bits per heavy atom. The first-order valence-corrected chi connectivity index (χ1v) is 6.92. The summed E-state index contributed by atoms with van der Waals surface area (Å²) in [6, 6.07) is 5.21. The molecule has 0 aliphatic heterocycles. The Balaban J connectivity index is 3.12. The quantitative estimate of drug-likeness (QED) is 0.813. The van der Waals surface area contributed by atoms with Gasteiger partial charge in [-0.25, -0.2) is 0 Å². The molecular weight excluding hydrogens is 267 g/mol. The molecule has 2 nitrogen and oxygen atoms in total. The smallest absolute Gasteiger partial charge is 0.377 e. The van der Waals surface area contributed by atoms with Gasteiger partial charge in [0.15, 0.2) is 0 Å². The molecule has 5 heteroatoms. The molecule has 20 heavy (non-hydrogen) atoms. The Hall–Kier alpha value is -1.07. The van der Waals surface area contributed by atoms with Crippen LogP contribution < -0.4 is 5.32 Å². The van der Waals surface area contributed by atoms with Crippen molar-refractivity contribution in [3.63, 3.8) is 0 Å². The van der Waals surface area contributed by atoms with Gasteiger partial charge in [-0.2, -0.15) is 13.2 Å². The van der Waals surface area contributed by atoms with E-state index in [-0.39, 0.29) is 11.7 Å². The average molecular weight is 289 g/mol. The SMILES string of the molecule is CCCNC(c1ccccc1C(F)(F)F)C(C)OCC. The van der Waals surface area contributed by atoms with Crippen molar-refractivity contribution in [1.29, 1.82) is 0 Å². The molecule has 114 valence electrons. The molecule has 0 amide bonds. The number of hydrogen-bond acceptors (Lipinski definition) is 2. The highest BCUT2D eigenvalue weighted by Gasteiger charge is 2.36. The molecule has 0 spiro atoms. The van der Waals surface area contributed by atoms with E-state index in [9.17, 15) is 13.2 Å². The first-order valence-electron chi connectivity index (χ1n) is 6.92. The van der Waals surface area contributed by atoms with Gasteiger partial charge in [-0.3, -0.25) is 0 Å². The van der Waals surface area contributed by atoms with Crippen molar-refractivity contribution in [1.82, 2.24) is 5.32 Å². The van der Waals surface area contributed by atoms with Gasteiger partial charge in [0.25, 0.3) is 0 Å². The lowest BCUT2D eigenvalue weighted by atomic mass is 9.96. The Kier molecular flexibility index (Phi) is 6.49. The second-order valence-electron chi connectivity index (χ2n) is 4.68. The van der Waals surface area contributed by atoms with Gasteiger partial charge in [0.05, 0.1) is 17.7 Å². The third kappa shape index (κ3) is 4.49. The van der Waals surface area contributed by atoms with E-state index < -0.39 is 17.8 Å². The van der Waals surface area contributed by atoms with Crippen molar-refractivity contribution in [3.05, 3.63) is 35.4 Å². The average Bonchev–Trinajstić information content (AvgIpc) is 2.39. The molecule has 0 saturated heterocycles. The first-order chi connectivity index (χ1) is 9.41. The Labute approximate surface area is 118 Å². The van der Waals surface area contributed by atoms with Crippen LogP contribution in [0.5, 0.6) is 0 Å². The number of hydrogen-bond donors (Lipinski definition) is 1. The summed E-state index contributed by atoms with van der Waals surface area (Å²) in [6.07, 6.45) is -3.83. The summed E-state index contributed by atoms with van der Waals surface area (Å²) in [4.78, 5) is 0. The minimum Gasteiger partial charge on any atom is -0.377 e. The largest absolute Gasteiger partial charge is 0.416 e. The Bertz CT molecular complexity index is 406. The molecule has 1 N–H and O–H groups in total. The minimum absolute atomic E-state index is 0.245. The molecular formula is C15H22F3NO. The fourth-order valence-electron chi connectivity index (χ4n) is 2.21. The summed E-state index contributed by atoms with van der Waals surface area (Å²) in [5.74, 6) is 0. The highest BCUT2D eigenvalue weighted by atomic mass is 19.4. The molecule has 0 fully saturated rings. The summed E-state index contributed by atoms with van der Waals surface area (Å²) in [5.41, 5.74) is -0.352. The molecule has 1 aromatic rings. The number of alkyl halides is 3. The monoisotopic (exact) mass is 289 g/mol. The predicted molar refractivity (Wildman–Crippen MR) is 73.6 cm³/mol. The van der Waals surface area contributed by atoms with Gasteiger partial charge in [0, 0.05) is 6.61 Å². The van der Waals surface area contributed by atoms with E-state index in [4.69, 9.17) is 4.74 Å². The van der Waals surface area contributed by atoms with Crippen molar-refractivity contribution in [3.8, 4) is 0 Å². The lowest BCUT2D eigenvalue weighted by Crippen LogP contribution is -2.34. The van der Waals surface area contributed by atoms with Gasteiger partial charge in [0.2, 0.25) is 0 Å². The fraction of sp³-hybridized carbons (Fsp3) is 0.600. The second-order valence-corrected chi connectivity index (χ2v) is 4.68. The van der Waals surface area contributed by atoms with Crippen LogP contribution in [0.15, 0.2) is 24.3 Å². The first kappa shape index (κ1) is 17.0. The summed E-state index contributed by atoms with van der Waals surface area (Å²) < 4.78 is 44.8. The van der Waals surface area contributed by atoms with Gasteiger partial charge >= 0.3 is 6.18 Å². The van der Waals surface area contributed by atoms with E-state index in [1.165, 1.54) is 12.1 Å². The topological polar surface area (TPSA) is 21.3 Å². The van der Waals surface area contributed by atoms with Crippen LogP contribution in [0.4, 0.5) is 13.2 Å². The predicted octanol–water partition coefficient (Wildman–Crippen LogP) is 4.17. The van der Waals surface area contributed by atoms with Crippen LogP contribution in [0.25, 0.3) is 0 Å². The summed E-state index contributed by atoms with van der Waals surface area (Å²) in [6.45, 7) is 6.73. The number of rotatable bonds is 7. The molecule has 0 bridgehead atoms. The zero-order valence-corrected chi connectivity index (χ0v) is 12.1. The van der Waals surface area contributed by atoms with E-state index in [1.807, 2.05) is 13.8 Å². The second kappa shape index (κ2) is 7.64. The number of ether oxygens (including phenoxy) is 1. The van der Waals surface area contributed by atoms with Crippen LogP contribution in [-0.4, -0.2) is 19.3 Å². The summed E-state index contributed by atoms with van der Waals surface area (Å²) in [7, 11) is 0. The van der Waals surface area contributed by atoms with Gasteiger partial charge in [0.1, 0.15) is 0 Å². The van der Waals surface area contributed by atoms with Crippen molar-refractivity contribution in [2.45, 2.75) is 45.5 Å². The summed E-state index contributed by atoms with van der Waals surface area (Å²) >= 11 is 0. The van der Waals surface area contributed by atoms with Crippen LogP contribution in [0.3, 0.4) is 0 Å². The number of benzene rings is 1. The van der Waals surface area contributed by atoms with E-state index in [2.05, 4.69) is 5.32 Å². The van der Waals surface area contributed by atoms with Gasteiger partial charge in [-0.1, -0.05) is 25.1 Å². The van der Waals surface area contributed by atoms with E-state index in [1.54, 1.807) is 13.0 Å². The maximum absolute atomic E-state index is 13.1. The van der Waals surface area contributed by atoms with Crippen molar-refractivity contribution >= 4 is 0 Å². The molecule has 0 aromatic heterocycles. The van der Waals surface area contributed by atoms with Crippen LogP contribution in [0, 0.1) is 0 Å². The van der Waals surface area contributed by atoms with Crippen molar-refractivity contribution < 1.29 is 17.9 Å². The normalized spacial score (nSPS) is 15.1. The zero-order valence-electron chi connectivity index (χ0n) is 12.1. The highest BCUT2D eigenvalue weighted by molar-refractivity contribution is 5.33. The molecule has 0 saturated carbocycles. The number of halogens is 3. The fourth-order valence-corrected chi connectivity index (χ4v) is 2.21. The standard InChI is InChI=1S/C15H22F3NO/c1-4-10-19-14(11(3)20-5-2)12-8-6-7-9-13(12)15(16,17)18/h6-9,11,14,19H,4-5,10H2,1-3H3. The lowest BCUT2D eigenvalue weighted by molar-refractivity contribution is -0.138. The van der Waals surface area contributed by atoms with Crippen molar-refractivity contribution in [2.24, 2.45) is 0 Å².